The first-order valence-electron chi connectivity index (χ1n) is 11.4. The molecule has 1 aliphatic rings. The molecule has 1 saturated heterocycles. The molecular weight excluding hydrogens is 532 g/mol. The number of amidine groups is 1. The molecule has 5 rings (SSSR count). The Labute approximate surface area is 223 Å². The summed E-state index contributed by atoms with van der Waals surface area (Å²) in [5.74, 6) is 0.518. The molecule has 1 unspecified atom stereocenters. The number of rotatable bonds is 5. The summed E-state index contributed by atoms with van der Waals surface area (Å²) < 4.78 is 6.31. The van der Waals surface area contributed by atoms with Crippen molar-refractivity contribution in [2.45, 2.75) is 6.04 Å². The Balaban J connectivity index is 1.65. The number of hydrogen-bond donors (Lipinski definition) is 0. The molecular formula is C30H23BrN2O2S. The Hall–Kier alpha value is -3.61. The second-order valence-corrected chi connectivity index (χ2v) is 10.1. The number of hydrogen-bond acceptors (Lipinski definition) is 3. The molecule has 36 heavy (non-hydrogen) atoms. The Kier molecular flexibility index (Phi) is 7.35. The summed E-state index contributed by atoms with van der Waals surface area (Å²) in [6.45, 7) is 0. The van der Waals surface area contributed by atoms with Gasteiger partial charge in [0.05, 0.1) is 13.2 Å². The van der Waals surface area contributed by atoms with E-state index in [4.69, 9.17) is 4.74 Å². The second-order valence-electron chi connectivity index (χ2n) is 8.15. The molecule has 0 aromatic heterocycles. The molecule has 0 spiro atoms. The van der Waals surface area contributed by atoms with Crippen molar-refractivity contribution in [2.75, 3.05) is 12.0 Å². The van der Waals surface area contributed by atoms with Crippen LogP contribution in [0, 0.1) is 0 Å². The summed E-state index contributed by atoms with van der Waals surface area (Å²) in [6, 6.07) is 35.5. The van der Waals surface area contributed by atoms with E-state index < -0.39 is 0 Å². The van der Waals surface area contributed by atoms with Gasteiger partial charge in [-0.3, -0.25) is 4.79 Å². The summed E-state index contributed by atoms with van der Waals surface area (Å²) >= 11 is 4.95. The third-order valence-electron chi connectivity index (χ3n) is 5.81. The van der Waals surface area contributed by atoms with Crippen LogP contribution in [0.2, 0.25) is 0 Å². The fourth-order valence-corrected chi connectivity index (χ4v) is 5.50. The van der Waals surface area contributed by atoms with Crippen LogP contribution in [0.4, 0.5) is 5.69 Å². The smallest absolute Gasteiger partial charge is 0.279 e. The number of benzene rings is 4. The molecule has 1 aliphatic heterocycles. The maximum Gasteiger partial charge on any atom is 0.279 e. The number of para-hydroxylation sites is 1. The number of halogens is 1. The molecule has 1 amide bonds. The van der Waals surface area contributed by atoms with Gasteiger partial charge >= 0.3 is 0 Å². The number of thioether (sulfide) groups is 1. The minimum absolute atomic E-state index is 0.153. The van der Waals surface area contributed by atoms with Gasteiger partial charge in [0.15, 0.2) is 5.17 Å². The van der Waals surface area contributed by atoms with Crippen molar-refractivity contribution in [3.63, 3.8) is 0 Å². The summed E-state index contributed by atoms with van der Waals surface area (Å²) in [7, 11) is 1.66. The van der Waals surface area contributed by atoms with E-state index in [9.17, 15) is 4.79 Å². The summed E-state index contributed by atoms with van der Waals surface area (Å²) in [5, 5.41) is 0.636. The molecule has 4 aromatic rings. The highest BCUT2D eigenvalue weighted by Crippen LogP contribution is 2.48. The van der Waals surface area contributed by atoms with Gasteiger partial charge in [-0.2, -0.15) is 4.99 Å². The van der Waals surface area contributed by atoms with Crippen LogP contribution in [0.1, 0.15) is 27.5 Å². The number of amides is 1. The van der Waals surface area contributed by atoms with Crippen molar-refractivity contribution in [1.29, 1.82) is 0 Å². The van der Waals surface area contributed by atoms with Gasteiger partial charge in [0, 0.05) is 20.6 Å². The van der Waals surface area contributed by atoms with Gasteiger partial charge in [-0.15, -0.1) is 0 Å². The lowest BCUT2D eigenvalue weighted by Gasteiger charge is -2.27. The molecule has 4 nitrogen and oxygen atoms in total. The van der Waals surface area contributed by atoms with Crippen LogP contribution in [-0.2, 0) is 0 Å². The molecule has 0 saturated carbocycles. The first-order valence-corrected chi connectivity index (χ1v) is 13.0. The zero-order valence-corrected chi connectivity index (χ0v) is 21.9. The average molecular weight is 555 g/mol. The van der Waals surface area contributed by atoms with Crippen molar-refractivity contribution < 1.29 is 9.53 Å². The predicted octanol–water partition coefficient (Wildman–Crippen LogP) is 7.99. The quantitative estimate of drug-likeness (QED) is 0.250. The zero-order valence-electron chi connectivity index (χ0n) is 19.5. The lowest BCUT2D eigenvalue weighted by molar-refractivity contribution is 0.100. The number of carbonyl (C=O) groups excluding carboxylic acids is 1. The molecule has 0 radical (unpaired) electrons. The average Bonchev–Trinajstić information content (AvgIpc) is 3.27. The van der Waals surface area contributed by atoms with E-state index >= 15 is 0 Å². The number of ether oxygens (including phenoxy) is 1. The number of methoxy groups -OCH3 is 1. The maximum atomic E-state index is 13.2. The van der Waals surface area contributed by atoms with Crippen LogP contribution in [-0.4, -0.2) is 18.2 Å². The van der Waals surface area contributed by atoms with E-state index in [1.807, 2.05) is 72.8 Å². The van der Waals surface area contributed by atoms with E-state index in [0.717, 1.165) is 31.9 Å². The number of anilines is 1. The van der Waals surface area contributed by atoms with E-state index in [0.29, 0.717) is 10.7 Å². The Morgan fingerprint density at radius 3 is 2.17 bits per heavy atom. The predicted molar refractivity (Wildman–Crippen MR) is 153 cm³/mol. The first kappa shape index (κ1) is 24.1. The Bertz CT molecular complexity index is 1400. The van der Waals surface area contributed by atoms with Gasteiger partial charge in [0.1, 0.15) is 5.75 Å². The molecule has 0 aliphatic carbocycles. The summed E-state index contributed by atoms with van der Waals surface area (Å²) in [4.78, 5) is 21.0. The fraction of sp³-hybridized carbons (Fsp3) is 0.0667. The third-order valence-corrected chi connectivity index (χ3v) is 7.38. The minimum Gasteiger partial charge on any atom is -0.497 e. The van der Waals surface area contributed by atoms with Crippen LogP contribution in [0.15, 0.2) is 124 Å². The SMILES string of the molecule is COc1ccc(C2/C(=C/c3ccccc3)SC(=NC(=O)c3ccc(Br)cc3)N2c2ccccc2)cc1. The molecule has 178 valence electrons. The second kappa shape index (κ2) is 11.0. The first-order chi connectivity index (χ1) is 17.6. The van der Waals surface area contributed by atoms with Crippen molar-refractivity contribution in [2.24, 2.45) is 4.99 Å². The zero-order chi connectivity index (χ0) is 24.9. The van der Waals surface area contributed by atoms with Crippen LogP contribution in [0.3, 0.4) is 0 Å². The van der Waals surface area contributed by atoms with Crippen molar-refractivity contribution in [1.82, 2.24) is 0 Å². The standard InChI is InChI=1S/C30H23BrN2O2S/c1-35-26-18-14-22(15-19-26)28-27(20-21-8-4-2-5-9-21)36-30(33(28)25-10-6-3-7-11-25)32-29(34)23-12-16-24(31)17-13-23/h2-20,28H,1H3/b27-20-,32-30?. The largest absolute Gasteiger partial charge is 0.497 e. The fourth-order valence-electron chi connectivity index (χ4n) is 4.04. The highest BCUT2D eigenvalue weighted by atomic mass is 79.9. The molecule has 4 aromatic carbocycles. The lowest BCUT2D eigenvalue weighted by Crippen LogP contribution is -2.28. The van der Waals surface area contributed by atoms with E-state index in [2.05, 4.69) is 56.2 Å². The molecule has 1 heterocycles. The minimum atomic E-state index is -0.277. The molecule has 1 fully saturated rings. The van der Waals surface area contributed by atoms with E-state index in [1.165, 1.54) is 11.8 Å². The van der Waals surface area contributed by atoms with Crippen molar-refractivity contribution in [3.8, 4) is 5.75 Å². The Morgan fingerprint density at radius 1 is 0.889 bits per heavy atom. The summed E-state index contributed by atoms with van der Waals surface area (Å²) in [5.41, 5.74) is 3.67. The lowest BCUT2D eigenvalue weighted by atomic mass is 10.0. The van der Waals surface area contributed by atoms with E-state index in [1.54, 1.807) is 19.2 Å². The van der Waals surface area contributed by atoms with Gasteiger partial charge in [0.2, 0.25) is 0 Å². The van der Waals surface area contributed by atoms with Gasteiger partial charge in [-0.1, -0.05) is 88.4 Å². The molecule has 6 heteroatoms. The monoisotopic (exact) mass is 554 g/mol. The normalized spacial score (nSPS) is 17.5. The van der Waals surface area contributed by atoms with Gasteiger partial charge < -0.3 is 9.64 Å². The van der Waals surface area contributed by atoms with Gasteiger partial charge in [-0.05, 0) is 65.7 Å². The third kappa shape index (κ3) is 5.30. The molecule has 0 bridgehead atoms. The van der Waals surface area contributed by atoms with Crippen molar-refractivity contribution >= 4 is 50.5 Å². The maximum absolute atomic E-state index is 13.2. The molecule has 1 atom stereocenters. The highest BCUT2D eigenvalue weighted by Gasteiger charge is 2.37. The van der Waals surface area contributed by atoms with Crippen LogP contribution in [0.5, 0.6) is 5.75 Å². The highest BCUT2D eigenvalue weighted by molar-refractivity contribution is 9.10. The number of nitrogens with zero attached hydrogens (tertiary/aromatic N) is 2. The van der Waals surface area contributed by atoms with Crippen LogP contribution in [0.25, 0.3) is 6.08 Å². The van der Waals surface area contributed by atoms with Gasteiger partial charge in [-0.25, -0.2) is 0 Å². The van der Waals surface area contributed by atoms with E-state index in [-0.39, 0.29) is 11.9 Å². The molecule has 0 N–H and O–H groups in total. The topological polar surface area (TPSA) is 41.9 Å². The number of carbonyl (C=O) groups is 1. The Morgan fingerprint density at radius 2 is 1.53 bits per heavy atom. The van der Waals surface area contributed by atoms with Crippen LogP contribution >= 0.6 is 27.7 Å². The number of aliphatic imine (C=N–C) groups is 1. The summed E-state index contributed by atoms with van der Waals surface area (Å²) in [6.07, 6.45) is 2.17. The van der Waals surface area contributed by atoms with Crippen molar-refractivity contribution in [3.05, 3.63) is 135 Å². The van der Waals surface area contributed by atoms with Gasteiger partial charge in [0.25, 0.3) is 5.91 Å². The van der Waals surface area contributed by atoms with Crippen LogP contribution < -0.4 is 9.64 Å².